The smallest absolute Gasteiger partial charge is 0.280 e. The summed E-state index contributed by atoms with van der Waals surface area (Å²) in [5, 5.41) is 3.34. The lowest BCUT2D eigenvalue weighted by Crippen LogP contribution is -2.02. The fraction of sp³-hybridized carbons (Fsp3) is 0.333. The van der Waals surface area contributed by atoms with Gasteiger partial charge >= 0.3 is 0 Å². The van der Waals surface area contributed by atoms with Crippen molar-refractivity contribution >= 4 is 16.9 Å². The summed E-state index contributed by atoms with van der Waals surface area (Å²) in [5.41, 5.74) is 4.37. The first kappa shape index (κ1) is 13.9. The van der Waals surface area contributed by atoms with Gasteiger partial charge in [0.05, 0.1) is 0 Å². The van der Waals surface area contributed by atoms with Crippen molar-refractivity contribution in [1.82, 2.24) is 14.5 Å². The topological polar surface area (TPSA) is 42.7 Å². The number of nitrogens with one attached hydrogen (secondary N) is 1. The van der Waals surface area contributed by atoms with Crippen LogP contribution in [0.5, 0.6) is 0 Å². The van der Waals surface area contributed by atoms with Crippen LogP contribution in [0.2, 0.25) is 0 Å². The molecule has 0 saturated heterocycles. The number of hydrogen-bond donors (Lipinski definition) is 1. The SMILES string of the molecule is FC(F)c1ccc2nc(C3CC3)n(-c3ccc4c(c3)CCN4)c2n1. The molecule has 122 valence electrons. The molecule has 6 heteroatoms. The van der Waals surface area contributed by atoms with Gasteiger partial charge in [-0.15, -0.1) is 0 Å². The molecule has 0 atom stereocenters. The molecular weight excluding hydrogens is 310 g/mol. The van der Waals surface area contributed by atoms with Crippen molar-refractivity contribution in [2.75, 3.05) is 11.9 Å². The van der Waals surface area contributed by atoms with Crippen molar-refractivity contribution in [3.63, 3.8) is 0 Å². The van der Waals surface area contributed by atoms with Crippen molar-refractivity contribution in [3.05, 3.63) is 47.4 Å². The summed E-state index contributed by atoms with van der Waals surface area (Å²) in [6.07, 6.45) is 0.589. The number of benzene rings is 1. The molecule has 1 saturated carbocycles. The second-order valence-corrected chi connectivity index (χ2v) is 6.48. The molecule has 0 unspecified atom stereocenters. The van der Waals surface area contributed by atoms with Gasteiger partial charge in [-0.1, -0.05) is 0 Å². The monoisotopic (exact) mass is 326 g/mol. The molecule has 0 amide bonds. The van der Waals surface area contributed by atoms with Gasteiger partial charge in [-0.2, -0.15) is 0 Å². The zero-order valence-electron chi connectivity index (χ0n) is 13.0. The maximum atomic E-state index is 13.1. The molecule has 1 fully saturated rings. The van der Waals surface area contributed by atoms with E-state index in [1.54, 1.807) is 6.07 Å². The van der Waals surface area contributed by atoms with Crippen LogP contribution < -0.4 is 5.32 Å². The Labute approximate surface area is 137 Å². The average molecular weight is 326 g/mol. The van der Waals surface area contributed by atoms with E-state index in [2.05, 4.69) is 27.4 Å². The third-order valence-corrected chi connectivity index (χ3v) is 4.77. The van der Waals surface area contributed by atoms with E-state index in [-0.39, 0.29) is 5.69 Å². The minimum atomic E-state index is -2.58. The molecule has 0 bridgehead atoms. The molecule has 2 aliphatic rings. The second kappa shape index (κ2) is 5.00. The number of fused-ring (bicyclic) bond motifs is 2. The number of alkyl halides is 2. The van der Waals surface area contributed by atoms with E-state index in [9.17, 15) is 8.78 Å². The maximum absolute atomic E-state index is 13.1. The largest absolute Gasteiger partial charge is 0.384 e. The van der Waals surface area contributed by atoms with E-state index in [0.717, 1.165) is 43.0 Å². The van der Waals surface area contributed by atoms with Crippen LogP contribution in [0.25, 0.3) is 16.9 Å². The maximum Gasteiger partial charge on any atom is 0.280 e. The third kappa shape index (κ3) is 2.09. The molecular formula is C18H16F2N4. The summed E-state index contributed by atoms with van der Waals surface area (Å²) in [7, 11) is 0. The summed E-state index contributed by atoms with van der Waals surface area (Å²) in [4.78, 5) is 8.90. The van der Waals surface area contributed by atoms with Crippen LogP contribution in [0.4, 0.5) is 14.5 Å². The molecule has 0 radical (unpaired) electrons. The number of nitrogens with zero attached hydrogens (tertiary/aromatic N) is 3. The number of halogens is 2. The van der Waals surface area contributed by atoms with Gasteiger partial charge in [-0.3, -0.25) is 4.57 Å². The van der Waals surface area contributed by atoms with Crippen molar-refractivity contribution < 1.29 is 8.78 Å². The quantitative estimate of drug-likeness (QED) is 0.784. The van der Waals surface area contributed by atoms with E-state index in [1.807, 2.05) is 10.6 Å². The third-order valence-electron chi connectivity index (χ3n) is 4.77. The Kier molecular flexibility index (Phi) is 2.89. The molecule has 24 heavy (non-hydrogen) atoms. The van der Waals surface area contributed by atoms with Gasteiger partial charge in [-0.25, -0.2) is 18.7 Å². The molecule has 1 aliphatic heterocycles. The van der Waals surface area contributed by atoms with E-state index in [0.29, 0.717) is 17.1 Å². The highest BCUT2D eigenvalue weighted by Gasteiger charge is 2.31. The lowest BCUT2D eigenvalue weighted by Gasteiger charge is -2.10. The Hall–Kier alpha value is -2.50. The number of pyridine rings is 1. The van der Waals surface area contributed by atoms with Crippen LogP contribution in [0.3, 0.4) is 0 Å². The molecule has 1 aliphatic carbocycles. The van der Waals surface area contributed by atoms with Gasteiger partial charge in [-0.05, 0) is 55.2 Å². The lowest BCUT2D eigenvalue weighted by atomic mass is 10.1. The summed E-state index contributed by atoms with van der Waals surface area (Å²) in [5.74, 6) is 1.34. The van der Waals surface area contributed by atoms with Crippen molar-refractivity contribution in [1.29, 1.82) is 0 Å². The Balaban J connectivity index is 1.75. The molecule has 4 nitrogen and oxygen atoms in total. The predicted octanol–water partition coefficient (Wildman–Crippen LogP) is 4.20. The number of imidazole rings is 1. The lowest BCUT2D eigenvalue weighted by molar-refractivity contribution is 0.146. The molecule has 3 aromatic rings. The van der Waals surface area contributed by atoms with Crippen molar-refractivity contribution in [2.24, 2.45) is 0 Å². The molecule has 2 aromatic heterocycles. The average Bonchev–Trinajstić information content (AvgIpc) is 3.20. The summed E-state index contributed by atoms with van der Waals surface area (Å²) in [6, 6.07) is 9.21. The highest BCUT2D eigenvalue weighted by molar-refractivity contribution is 5.75. The second-order valence-electron chi connectivity index (χ2n) is 6.48. The van der Waals surface area contributed by atoms with Crippen LogP contribution in [0.15, 0.2) is 30.3 Å². The molecule has 0 spiro atoms. The fourth-order valence-electron chi connectivity index (χ4n) is 3.41. The Morgan fingerprint density at radius 1 is 1.12 bits per heavy atom. The first-order chi connectivity index (χ1) is 11.7. The first-order valence-electron chi connectivity index (χ1n) is 8.25. The van der Waals surface area contributed by atoms with Gasteiger partial charge in [0.25, 0.3) is 6.43 Å². The van der Waals surface area contributed by atoms with Crippen LogP contribution in [0.1, 0.15) is 42.3 Å². The summed E-state index contributed by atoms with van der Waals surface area (Å²) >= 11 is 0. The van der Waals surface area contributed by atoms with Gasteiger partial charge < -0.3 is 5.32 Å². The zero-order valence-corrected chi connectivity index (χ0v) is 13.0. The number of anilines is 1. The zero-order chi connectivity index (χ0) is 16.3. The summed E-state index contributed by atoms with van der Waals surface area (Å²) in [6.45, 7) is 0.937. The minimum absolute atomic E-state index is 0.200. The van der Waals surface area contributed by atoms with Crippen LogP contribution >= 0.6 is 0 Å². The van der Waals surface area contributed by atoms with Crippen molar-refractivity contribution in [2.45, 2.75) is 31.6 Å². The highest BCUT2D eigenvalue weighted by Crippen LogP contribution is 2.42. The van der Waals surface area contributed by atoms with Crippen LogP contribution in [-0.2, 0) is 6.42 Å². The van der Waals surface area contributed by atoms with Gasteiger partial charge in [0.15, 0.2) is 5.65 Å². The van der Waals surface area contributed by atoms with Gasteiger partial charge in [0.2, 0.25) is 0 Å². The standard InChI is InChI=1S/C18H16F2N4/c19-16(20)14-5-6-15-18(22-14)24(17(23-15)10-1-2-10)12-3-4-13-11(9-12)7-8-21-13/h3-6,9-10,16,21H,1-2,7-8H2. The van der Waals surface area contributed by atoms with Crippen molar-refractivity contribution in [3.8, 4) is 5.69 Å². The van der Waals surface area contributed by atoms with Crippen LogP contribution in [-0.4, -0.2) is 21.1 Å². The van der Waals surface area contributed by atoms with Gasteiger partial charge in [0, 0.05) is 23.8 Å². The molecule has 5 rings (SSSR count). The Morgan fingerprint density at radius 3 is 2.79 bits per heavy atom. The number of hydrogen-bond acceptors (Lipinski definition) is 3. The highest BCUT2D eigenvalue weighted by atomic mass is 19.3. The predicted molar refractivity (Wildman–Crippen MR) is 88.0 cm³/mol. The van der Waals surface area contributed by atoms with E-state index in [1.165, 1.54) is 11.6 Å². The Morgan fingerprint density at radius 2 is 2.00 bits per heavy atom. The summed E-state index contributed by atoms with van der Waals surface area (Å²) < 4.78 is 28.1. The number of rotatable bonds is 3. The molecule has 3 heterocycles. The molecule has 1 N–H and O–H groups in total. The van der Waals surface area contributed by atoms with E-state index in [4.69, 9.17) is 0 Å². The number of aromatic nitrogens is 3. The van der Waals surface area contributed by atoms with Gasteiger partial charge in [0.1, 0.15) is 17.0 Å². The van der Waals surface area contributed by atoms with Crippen LogP contribution in [0, 0.1) is 0 Å². The Bertz CT molecular complexity index is 944. The first-order valence-corrected chi connectivity index (χ1v) is 8.25. The van der Waals surface area contributed by atoms with E-state index < -0.39 is 6.43 Å². The molecule has 1 aromatic carbocycles. The fourth-order valence-corrected chi connectivity index (χ4v) is 3.41. The van der Waals surface area contributed by atoms with E-state index >= 15 is 0 Å². The minimum Gasteiger partial charge on any atom is -0.384 e. The normalized spacial score (nSPS) is 16.6.